The van der Waals surface area contributed by atoms with E-state index in [9.17, 15) is 22.4 Å². The third-order valence-electron chi connectivity index (χ3n) is 5.50. The van der Waals surface area contributed by atoms with E-state index in [-0.39, 0.29) is 11.3 Å². The topological polar surface area (TPSA) is 35.5 Å². The van der Waals surface area contributed by atoms with E-state index in [4.69, 9.17) is 4.74 Å². The van der Waals surface area contributed by atoms with Gasteiger partial charge in [-0.15, -0.1) is 13.2 Å². The summed E-state index contributed by atoms with van der Waals surface area (Å²) in [4.78, 5) is 12.2. The zero-order valence-corrected chi connectivity index (χ0v) is 16.7. The molecule has 2 aromatic carbocycles. The molecule has 30 heavy (non-hydrogen) atoms. The van der Waals surface area contributed by atoms with Gasteiger partial charge in [0.15, 0.2) is 11.6 Å². The summed E-state index contributed by atoms with van der Waals surface area (Å²) in [5.41, 5.74) is 0.887. The number of alkyl halides is 3. The molecular weight excluding hydrogens is 400 g/mol. The van der Waals surface area contributed by atoms with Gasteiger partial charge in [-0.25, -0.2) is 9.18 Å². The second-order valence-corrected chi connectivity index (χ2v) is 7.66. The van der Waals surface area contributed by atoms with Crippen LogP contribution in [-0.4, -0.2) is 12.3 Å². The number of hydrogen-bond acceptors (Lipinski definition) is 3. The molecule has 0 saturated heterocycles. The Hall–Kier alpha value is -2.57. The van der Waals surface area contributed by atoms with Gasteiger partial charge in [0.25, 0.3) is 0 Å². The minimum atomic E-state index is -4.82. The number of carbonyl (C=O) groups is 1. The van der Waals surface area contributed by atoms with Crippen LogP contribution >= 0.6 is 0 Å². The van der Waals surface area contributed by atoms with Crippen LogP contribution in [0.4, 0.5) is 17.6 Å². The molecule has 2 aromatic rings. The number of esters is 1. The fraction of sp³-hybridized carbons (Fsp3) is 0.435. The quantitative estimate of drug-likeness (QED) is 0.284. The van der Waals surface area contributed by atoms with E-state index in [0.717, 1.165) is 61.4 Å². The molecule has 3 rings (SSSR count). The Bertz CT molecular complexity index is 854. The summed E-state index contributed by atoms with van der Waals surface area (Å²) >= 11 is 0. The zero-order valence-electron chi connectivity index (χ0n) is 16.7. The summed E-state index contributed by atoms with van der Waals surface area (Å²) in [5, 5.41) is 0. The molecule has 1 aliphatic carbocycles. The van der Waals surface area contributed by atoms with Crippen molar-refractivity contribution in [2.45, 2.75) is 57.7 Å². The second-order valence-electron chi connectivity index (χ2n) is 7.66. The standard InChI is InChI=1S/C23H24F4O3/c1-2-3-15-4-6-16(7-5-15)18-10-13-21(20(24)14-18)29-22(28)17-8-11-19(12-9-17)30-23(25,26)27/h8-16H,2-7H2,1H3. The lowest BCUT2D eigenvalue weighted by Crippen LogP contribution is -2.17. The number of rotatable bonds is 6. The molecular formula is C23H24F4O3. The van der Waals surface area contributed by atoms with Crippen molar-refractivity contribution in [2.24, 2.45) is 5.92 Å². The molecule has 162 valence electrons. The molecule has 1 aliphatic rings. The normalized spacial score (nSPS) is 19.4. The summed E-state index contributed by atoms with van der Waals surface area (Å²) < 4.78 is 59.9. The highest BCUT2D eigenvalue weighted by Crippen LogP contribution is 2.38. The van der Waals surface area contributed by atoms with Gasteiger partial charge in [-0.3, -0.25) is 0 Å². The van der Waals surface area contributed by atoms with Crippen LogP contribution in [0.2, 0.25) is 0 Å². The fourth-order valence-corrected chi connectivity index (χ4v) is 4.00. The average Bonchev–Trinajstić information content (AvgIpc) is 2.69. The molecule has 0 unspecified atom stereocenters. The monoisotopic (exact) mass is 424 g/mol. The van der Waals surface area contributed by atoms with Crippen LogP contribution in [0, 0.1) is 11.7 Å². The van der Waals surface area contributed by atoms with Crippen molar-refractivity contribution >= 4 is 5.97 Å². The minimum Gasteiger partial charge on any atom is -0.420 e. The lowest BCUT2D eigenvalue weighted by atomic mass is 9.77. The number of benzene rings is 2. The van der Waals surface area contributed by atoms with E-state index < -0.39 is 23.9 Å². The maximum absolute atomic E-state index is 14.5. The fourth-order valence-electron chi connectivity index (χ4n) is 4.00. The van der Waals surface area contributed by atoms with Crippen molar-refractivity contribution in [1.29, 1.82) is 0 Å². The molecule has 7 heteroatoms. The Morgan fingerprint density at radius 1 is 1.03 bits per heavy atom. The molecule has 0 amide bonds. The van der Waals surface area contributed by atoms with Crippen LogP contribution in [0.5, 0.6) is 11.5 Å². The Labute approximate surface area is 173 Å². The molecule has 0 aromatic heterocycles. The highest BCUT2D eigenvalue weighted by Gasteiger charge is 2.31. The number of hydrogen-bond donors (Lipinski definition) is 0. The molecule has 0 atom stereocenters. The highest BCUT2D eigenvalue weighted by atomic mass is 19.4. The Balaban J connectivity index is 1.61. The van der Waals surface area contributed by atoms with E-state index in [0.29, 0.717) is 5.92 Å². The van der Waals surface area contributed by atoms with Crippen LogP contribution in [0.3, 0.4) is 0 Å². The van der Waals surface area contributed by atoms with Gasteiger partial charge in [-0.2, -0.15) is 0 Å². The second kappa shape index (κ2) is 9.49. The molecule has 0 heterocycles. The third-order valence-corrected chi connectivity index (χ3v) is 5.50. The number of ether oxygens (including phenoxy) is 2. The van der Waals surface area contributed by atoms with Gasteiger partial charge in [0.05, 0.1) is 5.56 Å². The van der Waals surface area contributed by atoms with Crippen molar-refractivity contribution < 1.29 is 31.8 Å². The number of halogens is 4. The smallest absolute Gasteiger partial charge is 0.420 e. The summed E-state index contributed by atoms with van der Waals surface area (Å²) in [6, 6.07) is 8.87. The van der Waals surface area contributed by atoms with Gasteiger partial charge < -0.3 is 9.47 Å². The first-order valence-corrected chi connectivity index (χ1v) is 10.1. The van der Waals surface area contributed by atoms with Gasteiger partial charge in [0.2, 0.25) is 0 Å². The molecule has 0 aliphatic heterocycles. The average molecular weight is 424 g/mol. The van der Waals surface area contributed by atoms with Crippen LogP contribution in [0.1, 0.15) is 67.3 Å². The summed E-state index contributed by atoms with van der Waals surface area (Å²) in [5.74, 6) is -1.10. The van der Waals surface area contributed by atoms with Gasteiger partial charge in [-0.05, 0) is 79.5 Å². The predicted molar refractivity (Wildman–Crippen MR) is 104 cm³/mol. The van der Waals surface area contributed by atoms with E-state index in [2.05, 4.69) is 11.7 Å². The lowest BCUT2D eigenvalue weighted by molar-refractivity contribution is -0.274. The summed E-state index contributed by atoms with van der Waals surface area (Å²) in [6.45, 7) is 2.19. The van der Waals surface area contributed by atoms with Crippen molar-refractivity contribution in [3.05, 3.63) is 59.4 Å². The largest absolute Gasteiger partial charge is 0.573 e. The molecule has 1 fully saturated rings. The first-order chi connectivity index (χ1) is 14.2. The van der Waals surface area contributed by atoms with Crippen LogP contribution in [0.25, 0.3) is 0 Å². The first-order valence-electron chi connectivity index (χ1n) is 10.1. The Morgan fingerprint density at radius 3 is 2.27 bits per heavy atom. The molecule has 1 saturated carbocycles. The highest BCUT2D eigenvalue weighted by molar-refractivity contribution is 5.91. The van der Waals surface area contributed by atoms with Gasteiger partial charge in [0, 0.05) is 0 Å². The van der Waals surface area contributed by atoms with Crippen LogP contribution in [0.15, 0.2) is 42.5 Å². The molecule has 0 spiro atoms. The predicted octanol–water partition coefficient (Wildman–Crippen LogP) is 7.02. The maximum Gasteiger partial charge on any atom is 0.573 e. The van der Waals surface area contributed by atoms with E-state index in [1.165, 1.54) is 25.0 Å². The van der Waals surface area contributed by atoms with Crippen LogP contribution < -0.4 is 9.47 Å². The minimum absolute atomic E-state index is 0.0118. The Morgan fingerprint density at radius 2 is 1.70 bits per heavy atom. The van der Waals surface area contributed by atoms with E-state index in [1.807, 2.05) is 0 Å². The molecule has 0 N–H and O–H groups in total. The number of carbonyl (C=O) groups excluding carboxylic acids is 1. The van der Waals surface area contributed by atoms with Crippen molar-refractivity contribution in [1.82, 2.24) is 0 Å². The Kier molecular flexibility index (Phi) is 7.00. The molecule has 0 radical (unpaired) electrons. The summed E-state index contributed by atoms with van der Waals surface area (Å²) in [6.07, 6.45) is 1.94. The van der Waals surface area contributed by atoms with Gasteiger partial charge in [0.1, 0.15) is 5.75 Å². The molecule has 3 nitrogen and oxygen atoms in total. The molecule has 0 bridgehead atoms. The van der Waals surface area contributed by atoms with E-state index >= 15 is 0 Å². The lowest BCUT2D eigenvalue weighted by Gasteiger charge is -2.28. The summed E-state index contributed by atoms with van der Waals surface area (Å²) in [7, 11) is 0. The third kappa shape index (κ3) is 5.97. The maximum atomic E-state index is 14.5. The van der Waals surface area contributed by atoms with Gasteiger partial charge in [-0.1, -0.05) is 25.8 Å². The van der Waals surface area contributed by atoms with Gasteiger partial charge >= 0.3 is 12.3 Å². The zero-order chi connectivity index (χ0) is 21.7. The van der Waals surface area contributed by atoms with Crippen molar-refractivity contribution in [3.63, 3.8) is 0 Å². The van der Waals surface area contributed by atoms with E-state index in [1.54, 1.807) is 6.07 Å². The first kappa shape index (κ1) is 22.1. The van der Waals surface area contributed by atoms with Crippen LogP contribution in [-0.2, 0) is 0 Å². The SMILES string of the molecule is CCCC1CCC(c2ccc(OC(=O)c3ccc(OC(F)(F)F)cc3)c(F)c2)CC1. The van der Waals surface area contributed by atoms with Crippen molar-refractivity contribution in [3.8, 4) is 11.5 Å². The van der Waals surface area contributed by atoms with Crippen molar-refractivity contribution in [2.75, 3.05) is 0 Å².